The molecular formula is C92H158NO8+. The van der Waals surface area contributed by atoms with Crippen molar-refractivity contribution < 1.29 is 42.9 Å². The molecule has 0 aliphatic rings. The largest absolute Gasteiger partial charge is 0.477 e. The number of unbranched alkanes of at least 4 members (excludes halogenated alkanes) is 38. The summed E-state index contributed by atoms with van der Waals surface area (Å²) in [6, 6.07) is 0. The quantitative estimate of drug-likeness (QED) is 0.0211. The Labute approximate surface area is 623 Å². The van der Waals surface area contributed by atoms with Crippen LogP contribution < -0.4 is 0 Å². The van der Waals surface area contributed by atoms with Gasteiger partial charge in [0.1, 0.15) is 13.2 Å². The van der Waals surface area contributed by atoms with Crippen LogP contribution in [0.5, 0.6) is 0 Å². The van der Waals surface area contributed by atoms with Crippen LogP contribution in [0.4, 0.5) is 0 Å². The summed E-state index contributed by atoms with van der Waals surface area (Å²) in [6.07, 6.45) is 116. The van der Waals surface area contributed by atoms with Crippen molar-refractivity contribution in [1.82, 2.24) is 0 Å². The zero-order valence-corrected chi connectivity index (χ0v) is 66.3. The molecule has 9 nitrogen and oxygen atoms in total. The van der Waals surface area contributed by atoms with Gasteiger partial charge in [-0.2, -0.15) is 0 Å². The van der Waals surface area contributed by atoms with E-state index < -0.39 is 24.3 Å². The number of carboxylic acid groups (broad SMARTS) is 1. The average molecular weight is 1410 g/mol. The number of esters is 2. The van der Waals surface area contributed by atoms with E-state index in [0.29, 0.717) is 17.4 Å². The van der Waals surface area contributed by atoms with Crippen LogP contribution in [0.1, 0.15) is 361 Å². The van der Waals surface area contributed by atoms with Crippen LogP contribution in [-0.2, 0) is 33.3 Å². The van der Waals surface area contributed by atoms with Crippen LogP contribution in [0, 0.1) is 0 Å². The molecule has 0 aliphatic carbocycles. The third-order valence-electron chi connectivity index (χ3n) is 18.1. The Morgan fingerprint density at radius 3 is 0.792 bits per heavy atom. The minimum Gasteiger partial charge on any atom is -0.477 e. The molecular weight excluding hydrogens is 1250 g/mol. The van der Waals surface area contributed by atoms with Gasteiger partial charge in [0.2, 0.25) is 0 Å². The predicted octanol–water partition coefficient (Wildman–Crippen LogP) is 27.4. The van der Waals surface area contributed by atoms with Crippen LogP contribution in [0.25, 0.3) is 0 Å². The molecule has 101 heavy (non-hydrogen) atoms. The number of quaternary nitrogens is 1. The van der Waals surface area contributed by atoms with Gasteiger partial charge in [-0.3, -0.25) is 9.59 Å². The lowest BCUT2D eigenvalue weighted by Crippen LogP contribution is -2.40. The highest BCUT2D eigenvalue weighted by Crippen LogP contribution is 2.19. The van der Waals surface area contributed by atoms with Crippen molar-refractivity contribution in [3.63, 3.8) is 0 Å². The number of rotatable bonds is 77. The zero-order chi connectivity index (χ0) is 73.2. The second kappa shape index (κ2) is 80.8. The zero-order valence-electron chi connectivity index (χ0n) is 66.3. The first-order valence-electron chi connectivity index (χ1n) is 42.0. The summed E-state index contributed by atoms with van der Waals surface area (Å²) < 4.78 is 23.1. The number of nitrogens with zero attached hydrogens (tertiary/aromatic N) is 1. The Hall–Kier alpha value is -4.83. The van der Waals surface area contributed by atoms with E-state index in [1.54, 1.807) is 0 Å². The Bertz CT molecular complexity index is 2180. The number of aliphatic carboxylic acids is 1. The molecule has 0 aromatic heterocycles. The van der Waals surface area contributed by atoms with Crippen LogP contribution >= 0.6 is 0 Å². The Morgan fingerprint density at radius 1 is 0.297 bits per heavy atom. The highest BCUT2D eigenvalue weighted by atomic mass is 16.7. The number of allylic oxidation sites excluding steroid dienone is 24. The van der Waals surface area contributed by atoms with E-state index in [1.165, 1.54) is 218 Å². The summed E-state index contributed by atoms with van der Waals surface area (Å²) in [6.45, 7) is 4.69. The second-order valence-electron chi connectivity index (χ2n) is 29.0. The Morgan fingerprint density at radius 2 is 0.535 bits per heavy atom. The molecule has 0 radical (unpaired) electrons. The van der Waals surface area contributed by atoms with Crippen molar-refractivity contribution in [3.8, 4) is 0 Å². The fourth-order valence-electron chi connectivity index (χ4n) is 11.8. The predicted molar refractivity (Wildman–Crippen MR) is 437 cm³/mol. The van der Waals surface area contributed by atoms with Crippen molar-refractivity contribution in [2.45, 2.75) is 373 Å². The van der Waals surface area contributed by atoms with Gasteiger partial charge in [0.25, 0.3) is 6.29 Å². The maximum absolute atomic E-state index is 13.0. The second-order valence-corrected chi connectivity index (χ2v) is 29.0. The molecule has 1 N–H and O–H groups in total. The van der Waals surface area contributed by atoms with Gasteiger partial charge in [-0.05, 0) is 116 Å². The molecule has 0 fully saturated rings. The van der Waals surface area contributed by atoms with Gasteiger partial charge in [0.15, 0.2) is 6.10 Å². The van der Waals surface area contributed by atoms with Gasteiger partial charge in [-0.15, -0.1) is 0 Å². The lowest BCUT2D eigenvalue weighted by Gasteiger charge is -2.25. The van der Waals surface area contributed by atoms with Crippen LogP contribution in [0.15, 0.2) is 146 Å². The van der Waals surface area contributed by atoms with Gasteiger partial charge in [0, 0.05) is 12.8 Å². The third-order valence-corrected chi connectivity index (χ3v) is 18.1. The lowest BCUT2D eigenvalue weighted by molar-refractivity contribution is -0.870. The van der Waals surface area contributed by atoms with E-state index in [9.17, 15) is 19.5 Å². The minimum absolute atomic E-state index is 0.183. The van der Waals surface area contributed by atoms with Crippen molar-refractivity contribution in [2.24, 2.45) is 0 Å². The van der Waals surface area contributed by atoms with E-state index in [-0.39, 0.29) is 32.2 Å². The highest BCUT2D eigenvalue weighted by molar-refractivity contribution is 5.71. The van der Waals surface area contributed by atoms with E-state index in [0.717, 1.165) is 116 Å². The molecule has 0 aromatic rings. The first-order valence-corrected chi connectivity index (χ1v) is 42.0. The van der Waals surface area contributed by atoms with Gasteiger partial charge < -0.3 is 28.5 Å². The molecule has 9 heteroatoms. The highest BCUT2D eigenvalue weighted by Gasteiger charge is 2.25. The van der Waals surface area contributed by atoms with Gasteiger partial charge >= 0.3 is 17.9 Å². The summed E-state index contributed by atoms with van der Waals surface area (Å²) in [5, 5.41) is 9.79. The number of carbonyl (C=O) groups is 3. The number of ether oxygens (including phenoxy) is 4. The summed E-state index contributed by atoms with van der Waals surface area (Å²) in [4.78, 5) is 37.8. The van der Waals surface area contributed by atoms with Crippen molar-refractivity contribution in [2.75, 3.05) is 47.5 Å². The minimum atomic E-state index is -1.52. The number of carbonyl (C=O) groups excluding carboxylic acids is 2. The molecule has 0 amide bonds. The molecule has 578 valence electrons. The molecule has 0 heterocycles. The number of carboxylic acids is 1. The van der Waals surface area contributed by atoms with E-state index in [1.807, 2.05) is 21.1 Å². The van der Waals surface area contributed by atoms with E-state index in [4.69, 9.17) is 18.9 Å². The monoisotopic (exact) mass is 1410 g/mol. The SMILES string of the molecule is CC/C=C\C/C=C\C/C=C\C/C=C\C/C=C\C/C=C\C/C=C\C/C=C\CCCCCCCCCCCCCCCCCCC(=O)OC(COC(=O)CCCCCCCCCCCCCCCCCCCCCCCC/C=C\C/C=C\C/C=C\C/C=C\CC)COC(OCC[N+](C)(C)C)C(=O)O. The summed E-state index contributed by atoms with van der Waals surface area (Å²) in [7, 11) is 5.99. The van der Waals surface area contributed by atoms with Crippen LogP contribution in [0.3, 0.4) is 0 Å². The molecule has 0 spiro atoms. The summed E-state index contributed by atoms with van der Waals surface area (Å²) >= 11 is 0. The average Bonchev–Trinajstić information content (AvgIpc) is 1.21. The topological polar surface area (TPSA) is 108 Å². The maximum Gasteiger partial charge on any atom is 0.361 e. The first kappa shape index (κ1) is 96.2. The Kier molecular flexibility index (Phi) is 77.0. The molecule has 2 unspecified atom stereocenters. The normalized spacial score (nSPS) is 13.4. The lowest BCUT2D eigenvalue weighted by atomic mass is 10.0. The van der Waals surface area contributed by atoms with Crippen LogP contribution in [0.2, 0.25) is 0 Å². The molecule has 0 saturated heterocycles. The third kappa shape index (κ3) is 82.3. The molecule has 0 bridgehead atoms. The summed E-state index contributed by atoms with van der Waals surface area (Å²) in [5.41, 5.74) is 0. The fraction of sp³-hybridized carbons (Fsp3) is 0.707. The summed E-state index contributed by atoms with van der Waals surface area (Å²) in [5.74, 6) is -1.99. The molecule has 0 aromatic carbocycles. The number of hydrogen-bond acceptors (Lipinski definition) is 7. The molecule has 2 atom stereocenters. The van der Waals surface area contributed by atoms with Crippen molar-refractivity contribution in [1.29, 1.82) is 0 Å². The van der Waals surface area contributed by atoms with Gasteiger partial charge in [0.05, 0.1) is 34.4 Å². The standard InChI is InChI=1S/C92H157NO8/c1-6-8-10-12-14-16-18-20-22-24-26-28-30-32-34-36-38-40-42-43-44-45-46-47-49-51-53-55-57-59-61-63-65-67-69-71-73-75-77-79-81-83-90(95)101-88(87-100-92(91(96)97)98-85-84-93(3,4)5)86-99-89(94)82-80-78-76-74-72-70-68-66-64-62-60-58-56-54-52-50-48-41-39-37-35-33-31-29-27-25-23-21-19-17-15-13-11-9-7-2/h8-11,14-17,20-23,26-29,32,34,38,40,43-44,46-47,88,92H,6-7,12-13,18-19,24-25,30-31,33,35-37,39,41-42,45,48-87H2,1-5H3/p+1/b10-8-,11-9-,16-14-,17-15-,22-20-,23-21-,28-26-,29-27-,34-32-,40-38-,44-43-,47-46-. The fourth-order valence-corrected chi connectivity index (χ4v) is 11.8. The maximum atomic E-state index is 13.0. The van der Waals surface area contributed by atoms with Gasteiger partial charge in [-0.25, -0.2) is 4.79 Å². The van der Waals surface area contributed by atoms with Crippen molar-refractivity contribution in [3.05, 3.63) is 146 Å². The van der Waals surface area contributed by atoms with Crippen molar-refractivity contribution >= 4 is 17.9 Å². The number of likely N-dealkylation sites (N-methyl/N-ethyl adjacent to an activating group) is 1. The smallest absolute Gasteiger partial charge is 0.361 e. The van der Waals surface area contributed by atoms with Gasteiger partial charge in [-0.1, -0.05) is 378 Å². The van der Waals surface area contributed by atoms with Crippen LogP contribution in [-0.4, -0.2) is 87.4 Å². The van der Waals surface area contributed by atoms with E-state index in [2.05, 4.69) is 160 Å². The number of hydrogen-bond donors (Lipinski definition) is 1. The molecule has 0 saturated carbocycles. The van der Waals surface area contributed by atoms with E-state index >= 15 is 0 Å². The molecule has 0 rings (SSSR count). The molecule has 0 aliphatic heterocycles. The Balaban J connectivity index is 4.00. The first-order chi connectivity index (χ1) is 49.6.